The van der Waals surface area contributed by atoms with Crippen LogP contribution in [0.25, 0.3) is 0 Å². The number of aromatic nitrogens is 3. The van der Waals surface area contributed by atoms with Gasteiger partial charge in [-0.2, -0.15) is 15.4 Å². The number of aromatic amines is 1. The smallest absolute Gasteiger partial charge is 0.237 e. The molecular formula is C18H24N6O2. The summed E-state index contributed by atoms with van der Waals surface area (Å²) in [5.41, 5.74) is 3.14. The molecule has 1 aliphatic rings. The van der Waals surface area contributed by atoms with E-state index in [1.165, 1.54) is 5.56 Å². The molecule has 0 saturated carbocycles. The van der Waals surface area contributed by atoms with E-state index in [0.29, 0.717) is 26.1 Å². The van der Waals surface area contributed by atoms with Crippen LogP contribution in [0.3, 0.4) is 0 Å². The van der Waals surface area contributed by atoms with E-state index in [9.17, 15) is 9.59 Å². The van der Waals surface area contributed by atoms with Gasteiger partial charge in [0.1, 0.15) is 0 Å². The number of hydrogen-bond acceptors (Lipinski definition) is 5. The van der Waals surface area contributed by atoms with E-state index in [1.54, 1.807) is 6.20 Å². The Balaban J connectivity index is 1.54. The molecule has 1 aliphatic heterocycles. The van der Waals surface area contributed by atoms with Gasteiger partial charge in [-0.05, 0) is 12.5 Å². The van der Waals surface area contributed by atoms with Gasteiger partial charge in [-0.15, -0.1) is 0 Å². The minimum absolute atomic E-state index is 0.0880. The van der Waals surface area contributed by atoms with Gasteiger partial charge >= 0.3 is 0 Å². The summed E-state index contributed by atoms with van der Waals surface area (Å²) in [7, 11) is 0. The molecule has 8 heteroatoms. The van der Waals surface area contributed by atoms with Crippen LogP contribution in [0.5, 0.6) is 0 Å². The van der Waals surface area contributed by atoms with Crippen LogP contribution in [0.1, 0.15) is 23.2 Å². The van der Waals surface area contributed by atoms with Crippen molar-refractivity contribution >= 4 is 11.8 Å². The van der Waals surface area contributed by atoms with Crippen LogP contribution in [0, 0.1) is 6.92 Å². The van der Waals surface area contributed by atoms with E-state index >= 15 is 0 Å². The molecule has 1 saturated heterocycles. The van der Waals surface area contributed by atoms with Gasteiger partial charge < -0.3 is 10.6 Å². The summed E-state index contributed by atoms with van der Waals surface area (Å²) in [6.07, 6.45) is 2.38. The SMILES string of the molecule is Cc1ccc(CN2CCNC(=O)[C@@H]2CC(=O)NCCc2cn[nH]n2)cc1. The summed E-state index contributed by atoms with van der Waals surface area (Å²) >= 11 is 0. The standard InChI is InChI=1S/C18H24N6O2/c1-13-2-4-14(5-3-13)12-24-9-8-20-18(26)16(24)10-17(25)19-7-6-15-11-21-23-22-15/h2-5,11,16H,6-10,12H2,1H3,(H,19,25)(H,20,26)(H,21,22,23)/t16-/m0/s1. The molecular weight excluding hydrogens is 332 g/mol. The highest BCUT2D eigenvalue weighted by Crippen LogP contribution is 2.14. The minimum Gasteiger partial charge on any atom is -0.356 e. The van der Waals surface area contributed by atoms with Crippen LogP contribution in [0.4, 0.5) is 0 Å². The maximum atomic E-state index is 12.3. The largest absolute Gasteiger partial charge is 0.356 e. The van der Waals surface area contributed by atoms with E-state index in [4.69, 9.17) is 0 Å². The molecule has 2 amide bonds. The Morgan fingerprint density at radius 2 is 2.15 bits per heavy atom. The van der Waals surface area contributed by atoms with Gasteiger partial charge in [0.2, 0.25) is 11.8 Å². The van der Waals surface area contributed by atoms with Gasteiger partial charge in [0, 0.05) is 32.6 Å². The Hall–Kier alpha value is -2.74. The molecule has 0 spiro atoms. The first kappa shape index (κ1) is 18.1. The predicted octanol–water partition coefficient (Wildman–Crippen LogP) is 0.163. The predicted molar refractivity (Wildman–Crippen MR) is 96.1 cm³/mol. The molecule has 1 fully saturated rings. The fourth-order valence-electron chi connectivity index (χ4n) is 3.02. The fourth-order valence-corrected chi connectivity index (χ4v) is 3.02. The number of nitrogens with one attached hydrogen (secondary N) is 3. The average molecular weight is 356 g/mol. The van der Waals surface area contributed by atoms with E-state index in [1.807, 2.05) is 6.92 Å². The normalized spacial score (nSPS) is 17.7. The van der Waals surface area contributed by atoms with E-state index in [-0.39, 0.29) is 18.2 Å². The van der Waals surface area contributed by atoms with E-state index in [0.717, 1.165) is 17.8 Å². The molecule has 1 aromatic heterocycles. The maximum Gasteiger partial charge on any atom is 0.237 e. The van der Waals surface area contributed by atoms with Crippen LogP contribution in [-0.4, -0.2) is 57.8 Å². The van der Waals surface area contributed by atoms with Crippen LogP contribution < -0.4 is 10.6 Å². The van der Waals surface area contributed by atoms with Crippen LogP contribution in [0.2, 0.25) is 0 Å². The van der Waals surface area contributed by atoms with Crippen LogP contribution >= 0.6 is 0 Å². The first-order valence-electron chi connectivity index (χ1n) is 8.80. The molecule has 2 aromatic rings. The third kappa shape index (κ3) is 4.89. The van der Waals surface area contributed by atoms with Crippen molar-refractivity contribution in [2.45, 2.75) is 32.4 Å². The second-order valence-electron chi connectivity index (χ2n) is 6.53. The van der Waals surface area contributed by atoms with Crippen molar-refractivity contribution in [2.75, 3.05) is 19.6 Å². The zero-order valence-corrected chi connectivity index (χ0v) is 14.9. The van der Waals surface area contributed by atoms with Crippen LogP contribution in [-0.2, 0) is 22.6 Å². The Morgan fingerprint density at radius 1 is 1.35 bits per heavy atom. The number of piperazine rings is 1. The lowest BCUT2D eigenvalue weighted by Gasteiger charge is -2.34. The number of rotatable bonds is 7. The van der Waals surface area contributed by atoms with Crippen molar-refractivity contribution in [3.8, 4) is 0 Å². The monoisotopic (exact) mass is 356 g/mol. The van der Waals surface area contributed by atoms with E-state index < -0.39 is 6.04 Å². The van der Waals surface area contributed by atoms with Gasteiger partial charge in [0.25, 0.3) is 0 Å². The molecule has 138 valence electrons. The quantitative estimate of drug-likeness (QED) is 0.656. The third-order valence-corrected chi connectivity index (χ3v) is 4.49. The summed E-state index contributed by atoms with van der Waals surface area (Å²) in [5.74, 6) is -0.223. The zero-order valence-electron chi connectivity index (χ0n) is 14.9. The molecule has 1 aromatic carbocycles. The molecule has 8 nitrogen and oxygen atoms in total. The summed E-state index contributed by atoms with van der Waals surface area (Å²) < 4.78 is 0. The van der Waals surface area contributed by atoms with Crippen molar-refractivity contribution in [1.29, 1.82) is 0 Å². The third-order valence-electron chi connectivity index (χ3n) is 4.49. The summed E-state index contributed by atoms with van der Waals surface area (Å²) in [6, 6.07) is 7.81. The number of benzene rings is 1. The van der Waals surface area contributed by atoms with Crippen molar-refractivity contribution < 1.29 is 9.59 Å². The van der Waals surface area contributed by atoms with Gasteiger partial charge in [-0.3, -0.25) is 14.5 Å². The Bertz CT molecular complexity index is 729. The van der Waals surface area contributed by atoms with E-state index in [2.05, 4.69) is 55.2 Å². The van der Waals surface area contributed by atoms with Gasteiger partial charge in [-0.25, -0.2) is 0 Å². The minimum atomic E-state index is -0.447. The Kier molecular flexibility index (Phi) is 5.96. The number of carbonyl (C=O) groups is 2. The lowest BCUT2D eigenvalue weighted by atomic mass is 10.1. The van der Waals surface area contributed by atoms with Crippen molar-refractivity contribution in [1.82, 2.24) is 30.9 Å². The first-order chi connectivity index (χ1) is 12.6. The van der Waals surface area contributed by atoms with Crippen molar-refractivity contribution in [3.63, 3.8) is 0 Å². The highest BCUT2D eigenvalue weighted by Gasteiger charge is 2.31. The molecule has 0 bridgehead atoms. The second kappa shape index (κ2) is 8.57. The molecule has 0 unspecified atom stereocenters. The zero-order chi connectivity index (χ0) is 18.4. The summed E-state index contributed by atoms with van der Waals surface area (Å²) in [5, 5.41) is 15.9. The highest BCUT2D eigenvalue weighted by atomic mass is 16.2. The fraction of sp³-hybridized carbons (Fsp3) is 0.444. The molecule has 1 atom stereocenters. The Morgan fingerprint density at radius 3 is 2.88 bits per heavy atom. The van der Waals surface area contributed by atoms with Crippen LogP contribution in [0.15, 0.2) is 30.5 Å². The number of H-pyrrole nitrogens is 1. The number of nitrogens with zero attached hydrogens (tertiary/aromatic N) is 3. The van der Waals surface area contributed by atoms with Gasteiger partial charge in [0.15, 0.2) is 0 Å². The van der Waals surface area contributed by atoms with Gasteiger partial charge in [0.05, 0.1) is 24.4 Å². The highest BCUT2D eigenvalue weighted by molar-refractivity contribution is 5.88. The molecule has 26 heavy (non-hydrogen) atoms. The second-order valence-corrected chi connectivity index (χ2v) is 6.53. The molecule has 3 N–H and O–H groups in total. The number of aryl methyl sites for hydroxylation is 1. The molecule has 0 radical (unpaired) electrons. The van der Waals surface area contributed by atoms with Crippen molar-refractivity contribution in [2.24, 2.45) is 0 Å². The average Bonchev–Trinajstić information content (AvgIpc) is 3.13. The summed E-state index contributed by atoms with van der Waals surface area (Å²) in [6.45, 7) is 4.51. The topological polar surface area (TPSA) is 103 Å². The summed E-state index contributed by atoms with van der Waals surface area (Å²) in [4.78, 5) is 26.6. The first-order valence-corrected chi connectivity index (χ1v) is 8.80. The van der Waals surface area contributed by atoms with Gasteiger partial charge in [-0.1, -0.05) is 29.8 Å². The molecule has 2 heterocycles. The lowest BCUT2D eigenvalue weighted by Crippen LogP contribution is -2.56. The number of amides is 2. The maximum absolute atomic E-state index is 12.3. The Labute approximate surface area is 152 Å². The number of hydrogen-bond donors (Lipinski definition) is 3. The molecule has 3 rings (SSSR count). The number of carbonyl (C=O) groups excluding carboxylic acids is 2. The van der Waals surface area contributed by atoms with Crippen molar-refractivity contribution in [3.05, 3.63) is 47.3 Å². The molecule has 0 aliphatic carbocycles. The lowest BCUT2D eigenvalue weighted by molar-refractivity contribution is -0.134.